The predicted octanol–water partition coefficient (Wildman–Crippen LogP) is 1.63. The molecular weight excluding hydrogens is 398 g/mol. The Morgan fingerprint density at radius 2 is 2.07 bits per heavy atom. The van der Waals surface area contributed by atoms with Crippen molar-refractivity contribution in [3.63, 3.8) is 0 Å². The molecule has 0 spiro atoms. The molecule has 1 N–H and O–H groups in total. The highest BCUT2D eigenvalue weighted by atomic mass is 32.2. The van der Waals surface area contributed by atoms with Gasteiger partial charge in [-0.1, -0.05) is 18.2 Å². The van der Waals surface area contributed by atoms with E-state index in [1.54, 1.807) is 35.2 Å². The van der Waals surface area contributed by atoms with Gasteiger partial charge in [0.05, 0.1) is 23.1 Å². The molecule has 0 unspecified atom stereocenters. The Morgan fingerprint density at radius 1 is 1.29 bits per heavy atom. The predicted molar refractivity (Wildman–Crippen MR) is 104 cm³/mol. The van der Waals surface area contributed by atoms with Gasteiger partial charge in [0, 0.05) is 30.9 Å². The number of benzene rings is 1. The third-order valence-corrected chi connectivity index (χ3v) is 7.87. The molecule has 2 aliphatic rings. The summed E-state index contributed by atoms with van der Waals surface area (Å²) in [7, 11) is -3.55. The summed E-state index contributed by atoms with van der Waals surface area (Å²) in [6.45, 7) is 1.64. The number of sulfonamides is 1. The van der Waals surface area contributed by atoms with Crippen molar-refractivity contribution in [1.29, 1.82) is 5.26 Å². The average Bonchev–Trinajstić information content (AvgIpc) is 3.34. The van der Waals surface area contributed by atoms with Gasteiger partial charge in [0.1, 0.15) is 0 Å². The Kier molecular flexibility index (Phi) is 5.05. The monoisotopic (exact) mass is 417 g/mol. The van der Waals surface area contributed by atoms with Gasteiger partial charge >= 0.3 is 0 Å². The van der Waals surface area contributed by atoms with Crippen molar-refractivity contribution in [2.24, 2.45) is 5.92 Å². The van der Waals surface area contributed by atoms with Crippen molar-refractivity contribution in [1.82, 2.24) is 14.2 Å². The first-order chi connectivity index (χ1) is 13.5. The molecule has 0 radical (unpaired) electrons. The summed E-state index contributed by atoms with van der Waals surface area (Å²) in [5, 5.41) is 12.2. The molecule has 1 amide bonds. The molecule has 28 heavy (non-hydrogen) atoms. The lowest BCUT2D eigenvalue weighted by atomic mass is 10.1. The van der Waals surface area contributed by atoms with Gasteiger partial charge in [-0.3, -0.25) is 4.79 Å². The fourth-order valence-corrected chi connectivity index (χ4v) is 5.98. The Balaban J connectivity index is 1.45. The minimum absolute atomic E-state index is 0.141. The summed E-state index contributed by atoms with van der Waals surface area (Å²) in [5.74, 6) is -0.367. The Bertz CT molecular complexity index is 1030. The number of hydrogen-bond donors (Lipinski definition) is 1. The zero-order valence-electron chi connectivity index (χ0n) is 15.0. The first-order valence-electron chi connectivity index (χ1n) is 8.96. The number of fused-ring (bicyclic) bond motifs is 1. The van der Waals surface area contributed by atoms with Crippen LogP contribution in [0.5, 0.6) is 0 Å². The highest BCUT2D eigenvalue weighted by Gasteiger charge is 2.32. The van der Waals surface area contributed by atoms with Crippen LogP contribution < -0.4 is 5.32 Å². The zero-order chi connectivity index (χ0) is 19.7. The Labute approximate surface area is 167 Å². The molecule has 3 heterocycles. The van der Waals surface area contributed by atoms with E-state index < -0.39 is 10.0 Å². The number of nitrogens with zero attached hydrogens (tertiary/aromatic N) is 4. The summed E-state index contributed by atoms with van der Waals surface area (Å²) in [6, 6.07) is 8.38. The molecule has 1 fully saturated rings. The van der Waals surface area contributed by atoms with Crippen LogP contribution in [0.3, 0.4) is 0 Å². The van der Waals surface area contributed by atoms with Crippen molar-refractivity contribution < 1.29 is 13.2 Å². The highest BCUT2D eigenvalue weighted by molar-refractivity contribution is 7.89. The molecule has 1 aromatic carbocycles. The molecule has 1 saturated heterocycles. The molecule has 146 valence electrons. The number of amides is 1. The van der Waals surface area contributed by atoms with E-state index in [9.17, 15) is 13.2 Å². The van der Waals surface area contributed by atoms with E-state index in [0.29, 0.717) is 37.6 Å². The molecule has 2 aliphatic heterocycles. The third kappa shape index (κ3) is 3.61. The van der Waals surface area contributed by atoms with E-state index in [4.69, 9.17) is 5.26 Å². The molecule has 8 nitrogen and oxygen atoms in total. The van der Waals surface area contributed by atoms with Gasteiger partial charge in [0.2, 0.25) is 15.9 Å². The number of hydrogen-bond acceptors (Lipinski definition) is 7. The number of anilines is 1. The second-order valence-electron chi connectivity index (χ2n) is 6.81. The normalized spacial score (nSPS) is 19.8. The van der Waals surface area contributed by atoms with Crippen LogP contribution in [0.2, 0.25) is 0 Å². The standard InChI is InChI=1S/C18H19N5O3S2/c19-12-22-8-6-13(10-22)17(24)21-18-20-15-7-9-23(11-16(15)27-18)28(25,26)14-4-2-1-3-5-14/h1-5,13H,6-11H2,(H,20,21,24)/t13-/m0/s1. The van der Waals surface area contributed by atoms with Crippen LogP contribution in [0, 0.1) is 17.4 Å². The largest absolute Gasteiger partial charge is 0.310 e. The van der Waals surface area contributed by atoms with Crippen molar-refractivity contribution >= 4 is 32.4 Å². The molecule has 0 saturated carbocycles. The second kappa shape index (κ2) is 7.50. The molecule has 0 bridgehead atoms. The maximum absolute atomic E-state index is 12.8. The van der Waals surface area contributed by atoms with Gasteiger partial charge in [0.15, 0.2) is 11.3 Å². The summed E-state index contributed by atoms with van der Waals surface area (Å²) < 4.78 is 27.1. The van der Waals surface area contributed by atoms with Crippen molar-refractivity contribution in [3.8, 4) is 6.19 Å². The highest BCUT2D eigenvalue weighted by Crippen LogP contribution is 2.31. The summed E-state index contributed by atoms with van der Waals surface area (Å²) in [4.78, 5) is 19.6. The van der Waals surface area contributed by atoms with Crippen LogP contribution in [-0.4, -0.2) is 48.1 Å². The molecule has 2 aromatic rings. The number of nitriles is 1. The second-order valence-corrected chi connectivity index (χ2v) is 9.83. The van der Waals surface area contributed by atoms with Gasteiger partial charge in [-0.05, 0) is 18.6 Å². The van der Waals surface area contributed by atoms with Crippen LogP contribution in [0.4, 0.5) is 5.13 Å². The Hall–Kier alpha value is -2.48. The van der Waals surface area contributed by atoms with Crippen molar-refractivity contribution in [2.75, 3.05) is 25.0 Å². The zero-order valence-corrected chi connectivity index (χ0v) is 16.7. The topological polar surface area (TPSA) is 106 Å². The fourth-order valence-electron chi connectivity index (χ4n) is 3.44. The Morgan fingerprint density at radius 3 is 2.79 bits per heavy atom. The molecule has 10 heteroatoms. The first kappa shape index (κ1) is 18.9. The molecule has 1 aromatic heterocycles. The lowest BCUT2D eigenvalue weighted by molar-refractivity contribution is -0.119. The van der Waals surface area contributed by atoms with Crippen molar-refractivity contribution in [2.45, 2.75) is 24.3 Å². The van der Waals surface area contributed by atoms with Gasteiger partial charge < -0.3 is 10.2 Å². The smallest absolute Gasteiger partial charge is 0.243 e. The van der Waals surface area contributed by atoms with Crippen LogP contribution in [0.25, 0.3) is 0 Å². The summed E-state index contributed by atoms with van der Waals surface area (Å²) >= 11 is 1.32. The number of aromatic nitrogens is 1. The van der Waals surface area contributed by atoms with E-state index in [1.165, 1.54) is 15.6 Å². The first-order valence-corrected chi connectivity index (χ1v) is 11.2. The number of thiazole rings is 1. The van der Waals surface area contributed by atoms with E-state index in [2.05, 4.69) is 16.5 Å². The third-order valence-electron chi connectivity index (χ3n) is 5.01. The van der Waals surface area contributed by atoms with E-state index in [0.717, 1.165) is 10.6 Å². The van der Waals surface area contributed by atoms with Gasteiger partial charge in [0.25, 0.3) is 0 Å². The van der Waals surface area contributed by atoms with Gasteiger partial charge in [-0.25, -0.2) is 13.4 Å². The molecule has 0 aliphatic carbocycles. The minimum atomic E-state index is -3.55. The summed E-state index contributed by atoms with van der Waals surface area (Å²) in [5.41, 5.74) is 0.838. The van der Waals surface area contributed by atoms with Crippen LogP contribution in [0.15, 0.2) is 35.2 Å². The SMILES string of the molecule is N#CN1CC[C@H](C(=O)Nc2nc3c(s2)CN(S(=O)(=O)c2ccccc2)CC3)C1. The minimum Gasteiger partial charge on any atom is -0.310 e. The average molecular weight is 418 g/mol. The number of nitrogens with one attached hydrogen (secondary N) is 1. The lowest BCUT2D eigenvalue weighted by Crippen LogP contribution is -2.35. The van der Waals surface area contributed by atoms with Crippen LogP contribution in [-0.2, 0) is 27.8 Å². The fraction of sp³-hybridized carbons (Fsp3) is 0.389. The summed E-state index contributed by atoms with van der Waals surface area (Å²) in [6.07, 6.45) is 3.22. The number of rotatable bonds is 4. The quantitative estimate of drug-likeness (QED) is 0.758. The maximum atomic E-state index is 12.8. The van der Waals surface area contributed by atoms with E-state index in [-0.39, 0.29) is 23.3 Å². The number of carbonyl (C=O) groups is 1. The van der Waals surface area contributed by atoms with Gasteiger partial charge in [-0.2, -0.15) is 9.57 Å². The number of carbonyl (C=O) groups excluding carboxylic acids is 1. The molecule has 1 atom stereocenters. The number of likely N-dealkylation sites (tertiary alicyclic amines) is 1. The lowest BCUT2D eigenvalue weighted by Gasteiger charge is -2.25. The molecule has 4 rings (SSSR count). The molecular formula is C18H19N5O3S2. The van der Waals surface area contributed by atoms with Crippen molar-refractivity contribution in [3.05, 3.63) is 40.9 Å². The van der Waals surface area contributed by atoms with E-state index in [1.807, 2.05) is 0 Å². The van der Waals surface area contributed by atoms with Crippen LogP contribution in [0.1, 0.15) is 17.0 Å². The van der Waals surface area contributed by atoms with Crippen LogP contribution >= 0.6 is 11.3 Å². The van der Waals surface area contributed by atoms with E-state index >= 15 is 0 Å². The van der Waals surface area contributed by atoms with Gasteiger partial charge in [-0.15, -0.1) is 11.3 Å². The maximum Gasteiger partial charge on any atom is 0.243 e.